The Morgan fingerprint density at radius 3 is 2.63 bits per heavy atom. The number of rotatable bonds is 9. The third-order valence-corrected chi connectivity index (χ3v) is 3.89. The summed E-state index contributed by atoms with van der Waals surface area (Å²) in [5, 5.41) is 10.6. The first kappa shape index (κ1) is 20.6. The Bertz CT molecular complexity index is 741. The van der Waals surface area contributed by atoms with Gasteiger partial charge in [0.25, 0.3) is 0 Å². The summed E-state index contributed by atoms with van der Waals surface area (Å²) in [5.74, 6) is 3.30. The zero-order valence-corrected chi connectivity index (χ0v) is 16.8. The summed E-state index contributed by atoms with van der Waals surface area (Å²) in [6.07, 6.45) is 0. The van der Waals surface area contributed by atoms with Crippen LogP contribution in [-0.4, -0.2) is 31.4 Å². The van der Waals surface area contributed by atoms with E-state index in [0.29, 0.717) is 31.6 Å². The van der Waals surface area contributed by atoms with Gasteiger partial charge < -0.3 is 24.6 Å². The van der Waals surface area contributed by atoms with Crippen LogP contribution in [0.5, 0.6) is 11.5 Å². The summed E-state index contributed by atoms with van der Waals surface area (Å²) in [7, 11) is 1.64. The van der Waals surface area contributed by atoms with Crippen LogP contribution >= 0.6 is 0 Å². The van der Waals surface area contributed by atoms with Gasteiger partial charge in [0.2, 0.25) is 0 Å². The molecule has 1 heterocycles. The molecule has 1 aromatic heterocycles. The van der Waals surface area contributed by atoms with Crippen molar-refractivity contribution >= 4 is 5.96 Å². The summed E-state index contributed by atoms with van der Waals surface area (Å²) >= 11 is 0. The van der Waals surface area contributed by atoms with Crippen LogP contribution in [0.4, 0.5) is 0 Å². The van der Waals surface area contributed by atoms with Crippen LogP contribution in [0.1, 0.15) is 50.6 Å². The molecule has 0 aliphatic rings. The molecular weight excluding hydrogens is 344 g/mol. The average molecular weight is 374 g/mol. The van der Waals surface area contributed by atoms with Crippen molar-refractivity contribution in [2.24, 2.45) is 4.99 Å². The van der Waals surface area contributed by atoms with Gasteiger partial charge in [-0.3, -0.25) is 0 Å². The van der Waals surface area contributed by atoms with E-state index >= 15 is 0 Å². The molecule has 2 aromatic rings. The number of ether oxygens (including phenoxy) is 2. The normalized spacial score (nSPS) is 11.6. The van der Waals surface area contributed by atoms with E-state index in [9.17, 15) is 0 Å². The highest BCUT2D eigenvalue weighted by Crippen LogP contribution is 2.28. The smallest absolute Gasteiger partial charge is 0.191 e. The molecule has 0 amide bonds. The maximum absolute atomic E-state index is 5.63. The highest BCUT2D eigenvalue weighted by Gasteiger charge is 2.09. The first-order valence-corrected chi connectivity index (χ1v) is 9.34. The maximum Gasteiger partial charge on any atom is 0.191 e. The number of nitrogens with one attached hydrogen (secondary N) is 2. The van der Waals surface area contributed by atoms with Crippen molar-refractivity contribution in [2.75, 3.05) is 20.3 Å². The lowest BCUT2D eigenvalue weighted by Crippen LogP contribution is -2.36. The minimum Gasteiger partial charge on any atom is -0.493 e. The van der Waals surface area contributed by atoms with Crippen LogP contribution in [0.3, 0.4) is 0 Å². The topological polar surface area (TPSA) is 80.9 Å². The van der Waals surface area contributed by atoms with Gasteiger partial charge in [-0.05, 0) is 37.5 Å². The molecule has 0 aliphatic heterocycles. The number of hydrogen-bond acceptors (Lipinski definition) is 5. The van der Waals surface area contributed by atoms with Crippen LogP contribution in [0.15, 0.2) is 33.8 Å². The van der Waals surface area contributed by atoms with Gasteiger partial charge in [-0.15, -0.1) is 0 Å². The third kappa shape index (κ3) is 6.20. The first-order valence-electron chi connectivity index (χ1n) is 9.34. The molecule has 0 saturated heterocycles. The lowest BCUT2D eigenvalue weighted by molar-refractivity contribution is 0.310. The van der Waals surface area contributed by atoms with Crippen LogP contribution < -0.4 is 20.1 Å². The molecule has 0 radical (unpaired) electrons. The zero-order valence-electron chi connectivity index (χ0n) is 16.8. The Hall–Kier alpha value is -2.70. The van der Waals surface area contributed by atoms with E-state index in [-0.39, 0.29) is 0 Å². The number of benzene rings is 1. The molecule has 0 atom stereocenters. The molecule has 0 bridgehead atoms. The fourth-order valence-electron chi connectivity index (χ4n) is 2.46. The second-order valence-electron chi connectivity index (χ2n) is 6.34. The Kier molecular flexibility index (Phi) is 7.98. The number of aliphatic imine (C=N–C) groups is 1. The van der Waals surface area contributed by atoms with Crippen LogP contribution in [0.2, 0.25) is 0 Å². The summed E-state index contributed by atoms with van der Waals surface area (Å²) in [6, 6.07) is 7.82. The molecule has 1 aromatic carbocycles. The molecule has 0 saturated carbocycles. The van der Waals surface area contributed by atoms with Crippen molar-refractivity contribution in [1.82, 2.24) is 15.8 Å². The van der Waals surface area contributed by atoms with Gasteiger partial charge in [0.1, 0.15) is 0 Å². The highest BCUT2D eigenvalue weighted by atomic mass is 16.5. The Labute approximate surface area is 161 Å². The number of guanidine groups is 1. The predicted octanol–water partition coefficient (Wildman–Crippen LogP) is 3.46. The lowest BCUT2D eigenvalue weighted by Gasteiger charge is -2.12. The van der Waals surface area contributed by atoms with Gasteiger partial charge in [0.05, 0.1) is 32.5 Å². The Balaban J connectivity index is 2.02. The van der Waals surface area contributed by atoms with E-state index in [0.717, 1.165) is 35.1 Å². The van der Waals surface area contributed by atoms with Gasteiger partial charge in [-0.25, -0.2) is 4.99 Å². The Morgan fingerprint density at radius 2 is 2.00 bits per heavy atom. The SMILES string of the molecule is CCNC(=NCc1ccc(OC)c(OCC)c1)NCc1cc(C(C)C)no1. The molecule has 0 unspecified atom stereocenters. The van der Waals surface area contributed by atoms with Gasteiger partial charge in [-0.2, -0.15) is 0 Å². The molecule has 2 rings (SSSR count). The molecule has 27 heavy (non-hydrogen) atoms. The van der Waals surface area contributed by atoms with Crippen molar-refractivity contribution in [3.05, 3.63) is 41.3 Å². The lowest BCUT2D eigenvalue weighted by atomic mass is 10.1. The van der Waals surface area contributed by atoms with Crippen molar-refractivity contribution in [3.63, 3.8) is 0 Å². The van der Waals surface area contributed by atoms with Crippen LogP contribution in [0, 0.1) is 0 Å². The van der Waals surface area contributed by atoms with Crippen molar-refractivity contribution < 1.29 is 14.0 Å². The predicted molar refractivity (Wildman–Crippen MR) is 106 cm³/mol. The van der Waals surface area contributed by atoms with Gasteiger partial charge >= 0.3 is 0 Å². The Morgan fingerprint density at radius 1 is 1.19 bits per heavy atom. The van der Waals surface area contributed by atoms with Gasteiger partial charge in [0, 0.05) is 12.6 Å². The summed E-state index contributed by atoms with van der Waals surface area (Å²) in [6.45, 7) is 10.6. The number of hydrogen-bond donors (Lipinski definition) is 2. The second kappa shape index (κ2) is 10.4. The third-order valence-electron chi connectivity index (χ3n) is 3.89. The minimum atomic E-state index is 0.346. The summed E-state index contributed by atoms with van der Waals surface area (Å²) in [4.78, 5) is 4.63. The fourth-order valence-corrected chi connectivity index (χ4v) is 2.46. The molecule has 0 aliphatic carbocycles. The molecule has 7 nitrogen and oxygen atoms in total. The standard InChI is InChI=1S/C20H30N4O3/c1-6-21-20(23-13-16-11-17(14(3)4)24-27-16)22-12-15-8-9-18(25-5)19(10-15)26-7-2/h8-11,14H,6-7,12-13H2,1-5H3,(H2,21,22,23). The van der Waals surface area contributed by atoms with E-state index in [1.54, 1.807) is 7.11 Å². The van der Waals surface area contributed by atoms with E-state index in [1.165, 1.54) is 0 Å². The minimum absolute atomic E-state index is 0.346. The van der Waals surface area contributed by atoms with E-state index in [2.05, 4.69) is 34.6 Å². The van der Waals surface area contributed by atoms with Crippen molar-refractivity contribution in [3.8, 4) is 11.5 Å². The first-order chi connectivity index (χ1) is 13.1. The molecular formula is C20H30N4O3. The summed E-state index contributed by atoms with van der Waals surface area (Å²) in [5.41, 5.74) is 1.99. The monoisotopic (exact) mass is 374 g/mol. The second-order valence-corrected chi connectivity index (χ2v) is 6.34. The van der Waals surface area contributed by atoms with E-state index < -0.39 is 0 Å². The van der Waals surface area contributed by atoms with Crippen LogP contribution in [-0.2, 0) is 13.1 Å². The van der Waals surface area contributed by atoms with Crippen molar-refractivity contribution in [1.29, 1.82) is 0 Å². The van der Waals surface area contributed by atoms with E-state index in [1.807, 2.05) is 38.1 Å². The van der Waals surface area contributed by atoms with Gasteiger partial charge in [-0.1, -0.05) is 25.1 Å². The van der Waals surface area contributed by atoms with E-state index in [4.69, 9.17) is 14.0 Å². The molecule has 0 spiro atoms. The molecule has 2 N–H and O–H groups in total. The average Bonchev–Trinajstić information content (AvgIpc) is 3.14. The number of methoxy groups -OCH3 is 1. The molecule has 7 heteroatoms. The molecule has 148 valence electrons. The summed E-state index contributed by atoms with van der Waals surface area (Å²) < 4.78 is 16.3. The largest absolute Gasteiger partial charge is 0.493 e. The maximum atomic E-state index is 5.63. The quantitative estimate of drug-likeness (QED) is 0.517. The van der Waals surface area contributed by atoms with Gasteiger partial charge in [0.15, 0.2) is 23.2 Å². The zero-order chi connectivity index (χ0) is 19.6. The number of nitrogens with zero attached hydrogens (tertiary/aromatic N) is 2. The molecule has 0 fully saturated rings. The fraction of sp³-hybridized carbons (Fsp3) is 0.500. The number of aromatic nitrogens is 1. The van der Waals surface area contributed by atoms with Crippen molar-refractivity contribution in [2.45, 2.75) is 46.7 Å². The van der Waals surface area contributed by atoms with Crippen LogP contribution in [0.25, 0.3) is 0 Å². The highest BCUT2D eigenvalue weighted by molar-refractivity contribution is 5.79.